The zero-order chi connectivity index (χ0) is 37.9. The molecule has 0 heterocycles. The first kappa shape index (κ1) is 39.8. The molecule has 4 N–H and O–H groups in total. The predicted molar refractivity (Wildman–Crippen MR) is 234 cm³/mol. The second-order valence-electron chi connectivity index (χ2n) is 13.0. The molecule has 3 aliphatic rings. The van der Waals surface area contributed by atoms with Crippen molar-refractivity contribution in [2.75, 3.05) is 5.73 Å². The highest BCUT2D eigenvalue weighted by Crippen LogP contribution is 2.49. The predicted octanol–water partition coefficient (Wildman–Crippen LogP) is 12.5. The summed E-state index contributed by atoms with van der Waals surface area (Å²) in [6, 6.07) is 16.3. The van der Waals surface area contributed by atoms with Crippen molar-refractivity contribution in [3.63, 3.8) is 0 Å². The number of benzene rings is 2. The first-order chi connectivity index (χ1) is 25.8. The van der Waals surface area contributed by atoms with Crippen molar-refractivity contribution in [2.45, 2.75) is 44.6 Å². The molecule has 5 rings (SSSR count). The normalized spacial score (nSPS) is 22.8. The minimum absolute atomic E-state index is 0.146. The van der Waals surface area contributed by atoms with Crippen LogP contribution in [0.1, 0.15) is 42.9 Å². The van der Waals surface area contributed by atoms with E-state index in [1.165, 1.54) is 11.1 Å². The highest BCUT2D eigenvalue weighted by molar-refractivity contribution is 5.69. The summed E-state index contributed by atoms with van der Waals surface area (Å²) in [6.07, 6.45) is 50.9. The summed E-state index contributed by atoms with van der Waals surface area (Å²) in [5.74, 6) is 0. The average Bonchev–Trinajstić information content (AvgIpc) is 3.31. The zero-order valence-electron chi connectivity index (χ0n) is 31.4. The average molecular weight is 695 g/mol. The van der Waals surface area contributed by atoms with Crippen molar-refractivity contribution in [1.29, 1.82) is 0 Å². The Kier molecular flexibility index (Phi) is 15.6. The molecule has 0 fully saturated rings. The Bertz CT molecular complexity index is 2010. The third-order valence-corrected chi connectivity index (χ3v) is 9.47. The Hall–Kier alpha value is -5.96. The summed E-state index contributed by atoms with van der Waals surface area (Å²) in [6.45, 7) is 17.0. The van der Waals surface area contributed by atoms with E-state index in [1.807, 2.05) is 62.4 Å². The second-order valence-corrected chi connectivity index (χ2v) is 13.0. The molecule has 0 aromatic heterocycles. The molecule has 2 aromatic carbocycles. The van der Waals surface area contributed by atoms with Crippen LogP contribution in [0.5, 0.6) is 0 Å². The molecule has 2 atom stereocenters. The van der Waals surface area contributed by atoms with Crippen LogP contribution in [0.2, 0.25) is 0 Å². The van der Waals surface area contributed by atoms with Crippen molar-refractivity contribution < 1.29 is 0 Å². The van der Waals surface area contributed by atoms with E-state index in [1.54, 1.807) is 6.08 Å². The fraction of sp³-hybridized carbons (Fsp3) is 0.137. The van der Waals surface area contributed by atoms with E-state index in [0.717, 1.165) is 63.9 Å². The lowest BCUT2D eigenvalue weighted by Crippen LogP contribution is -2.31. The summed E-state index contributed by atoms with van der Waals surface area (Å²) < 4.78 is 0. The molecule has 3 aliphatic carbocycles. The van der Waals surface area contributed by atoms with E-state index in [9.17, 15) is 0 Å². The number of aryl methyl sites for hydroxylation is 1. The van der Waals surface area contributed by atoms with E-state index in [4.69, 9.17) is 18.0 Å². The van der Waals surface area contributed by atoms with Crippen molar-refractivity contribution in [1.82, 2.24) is 0 Å². The fourth-order valence-corrected chi connectivity index (χ4v) is 6.54. The standard InChI is InChI=1S/C44H45N.C7H9N/c1-5-7-9-13-25-37-26-19-21-32-41(37)44(36(4)24-12-8-6-2)34-22-23-35(3)40-31-20-18-30-39(29-16-11-17-33-42(40)44)43(45)38-27-14-10-15-28-38;1-6-4-2-3-5-7(6)8/h5-14,16-27,29-33,43H,1,3-4,15,28,34,45H2,2H3;2-5H,8H2,1H3/b8-6-,9-7-,16-11+,17-11?,20-18?,24-12-,25-13-,29-16?,30-18-,31-20-,33-17+,39-29+,39-30?,40-31?,42-33?;. The molecule has 0 aliphatic heterocycles. The summed E-state index contributed by atoms with van der Waals surface area (Å²) in [5.41, 5.74) is 22.5. The molecule has 2 nitrogen and oxygen atoms in total. The van der Waals surface area contributed by atoms with Gasteiger partial charge in [0.15, 0.2) is 0 Å². The van der Waals surface area contributed by atoms with Gasteiger partial charge in [0.2, 0.25) is 0 Å². The molecule has 0 bridgehead atoms. The third kappa shape index (κ3) is 10.8. The zero-order valence-corrected chi connectivity index (χ0v) is 31.4. The van der Waals surface area contributed by atoms with Gasteiger partial charge in [-0.05, 0) is 89.3 Å². The van der Waals surface area contributed by atoms with Crippen molar-refractivity contribution in [2.24, 2.45) is 5.73 Å². The van der Waals surface area contributed by atoms with Crippen LogP contribution in [0, 0.1) is 6.92 Å². The number of allylic oxidation sites excluding steroid dienone is 25. The number of hydrogen-bond donors (Lipinski definition) is 2. The van der Waals surface area contributed by atoms with Crippen LogP contribution in [0.4, 0.5) is 5.69 Å². The Morgan fingerprint density at radius 2 is 1.58 bits per heavy atom. The Balaban J connectivity index is 0.000000692. The highest BCUT2D eigenvalue weighted by Gasteiger charge is 2.40. The number of nitrogen functional groups attached to an aromatic ring is 1. The molecule has 2 unspecified atom stereocenters. The third-order valence-electron chi connectivity index (χ3n) is 9.47. The topological polar surface area (TPSA) is 52.0 Å². The van der Waals surface area contributed by atoms with Gasteiger partial charge in [-0.3, -0.25) is 0 Å². The molecular formula is C51H54N2. The highest BCUT2D eigenvalue weighted by atomic mass is 14.6. The van der Waals surface area contributed by atoms with E-state index >= 15 is 0 Å². The van der Waals surface area contributed by atoms with Gasteiger partial charge in [0.1, 0.15) is 0 Å². The van der Waals surface area contributed by atoms with Gasteiger partial charge in [0.05, 0.1) is 6.04 Å². The second kappa shape index (κ2) is 20.8. The smallest absolute Gasteiger partial charge is 0.0514 e. The van der Waals surface area contributed by atoms with Crippen molar-refractivity contribution in [3.05, 3.63) is 252 Å². The van der Waals surface area contributed by atoms with E-state index in [2.05, 4.69) is 147 Å². The van der Waals surface area contributed by atoms with Gasteiger partial charge in [-0.1, -0.05) is 202 Å². The van der Waals surface area contributed by atoms with Gasteiger partial charge in [0, 0.05) is 11.1 Å². The van der Waals surface area contributed by atoms with Gasteiger partial charge < -0.3 is 11.5 Å². The lowest BCUT2D eigenvalue weighted by Gasteiger charge is -2.38. The van der Waals surface area contributed by atoms with E-state index in [0.29, 0.717) is 0 Å². The van der Waals surface area contributed by atoms with Crippen LogP contribution in [0.15, 0.2) is 235 Å². The minimum atomic E-state index is -0.556. The van der Waals surface area contributed by atoms with Crippen LogP contribution in [-0.2, 0) is 5.41 Å². The molecule has 268 valence electrons. The fourth-order valence-electron chi connectivity index (χ4n) is 6.54. The summed E-state index contributed by atoms with van der Waals surface area (Å²) in [7, 11) is 0. The molecule has 2 heteroatoms. The van der Waals surface area contributed by atoms with Crippen LogP contribution in [0.25, 0.3) is 6.08 Å². The van der Waals surface area contributed by atoms with Crippen LogP contribution < -0.4 is 11.5 Å². The summed E-state index contributed by atoms with van der Waals surface area (Å²) in [5, 5.41) is 0. The number of rotatable bonds is 9. The van der Waals surface area contributed by atoms with E-state index in [-0.39, 0.29) is 6.04 Å². The van der Waals surface area contributed by atoms with Gasteiger partial charge >= 0.3 is 0 Å². The van der Waals surface area contributed by atoms with Crippen molar-refractivity contribution >= 4 is 11.8 Å². The number of nitrogens with two attached hydrogens (primary N) is 2. The molecule has 2 aromatic rings. The maximum absolute atomic E-state index is 6.74. The molecule has 53 heavy (non-hydrogen) atoms. The van der Waals surface area contributed by atoms with Crippen LogP contribution >= 0.6 is 0 Å². The summed E-state index contributed by atoms with van der Waals surface area (Å²) in [4.78, 5) is 0. The molecule has 0 saturated heterocycles. The molecule has 0 spiro atoms. The van der Waals surface area contributed by atoms with E-state index < -0.39 is 5.41 Å². The number of anilines is 1. The lowest BCUT2D eigenvalue weighted by atomic mass is 9.64. The monoisotopic (exact) mass is 694 g/mol. The van der Waals surface area contributed by atoms with Gasteiger partial charge in [0.25, 0.3) is 0 Å². The largest absolute Gasteiger partial charge is 0.399 e. The van der Waals surface area contributed by atoms with Gasteiger partial charge in [-0.15, -0.1) is 0 Å². The first-order valence-corrected chi connectivity index (χ1v) is 18.3. The molecular weight excluding hydrogens is 641 g/mol. The molecule has 0 saturated carbocycles. The van der Waals surface area contributed by atoms with Crippen LogP contribution in [0.3, 0.4) is 0 Å². The lowest BCUT2D eigenvalue weighted by molar-refractivity contribution is 0.625. The Morgan fingerprint density at radius 3 is 2.32 bits per heavy atom. The molecule has 0 radical (unpaired) electrons. The Morgan fingerprint density at radius 1 is 0.811 bits per heavy atom. The van der Waals surface area contributed by atoms with Crippen molar-refractivity contribution in [3.8, 4) is 0 Å². The summed E-state index contributed by atoms with van der Waals surface area (Å²) >= 11 is 0. The molecule has 0 amide bonds. The van der Waals surface area contributed by atoms with Gasteiger partial charge in [-0.2, -0.15) is 0 Å². The Labute approximate surface area is 318 Å². The SMILES string of the molecule is C=C/C=C\C=C/c1ccccc1C1(C(=C)/C=C\C=C/C)CC=CC(=C)C2=C1/C=C/C=C/C=C(C(N)C1=CC=CCC1)\C=C/C=C\2.Cc1ccccc1N. The quantitative estimate of drug-likeness (QED) is 0.203. The minimum Gasteiger partial charge on any atom is -0.399 e. The number of hydrogen-bond acceptors (Lipinski definition) is 2. The number of para-hydroxylation sites is 1. The van der Waals surface area contributed by atoms with Gasteiger partial charge in [-0.25, -0.2) is 0 Å². The maximum Gasteiger partial charge on any atom is 0.0514 e. The maximum atomic E-state index is 6.74. The van der Waals surface area contributed by atoms with Crippen LogP contribution in [-0.4, -0.2) is 6.04 Å². The first-order valence-electron chi connectivity index (χ1n) is 18.3.